The molecular formula is C16H25N5. The summed E-state index contributed by atoms with van der Waals surface area (Å²) in [6.45, 7) is 6.10. The quantitative estimate of drug-likeness (QED) is 0.918. The molecule has 0 radical (unpaired) electrons. The molecule has 2 aromatic heterocycles. The maximum absolute atomic E-state index is 4.26. The number of hydrogen-bond acceptors (Lipinski definition) is 3. The number of fused-ring (bicyclic) bond motifs is 1. The lowest BCUT2D eigenvalue weighted by Gasteiger charge is -2.23. The molecular weight excluding hydrogens is 262 g/mol. The first kappa shape index (κ1) is 14.3. The van der Waals surface area contributed by atoms with Crippen molar-refractivity contribution in [2.24, 2.45) is 7.05 Å². The minimum Gasteiger partial charge on any atom is -0.346 e. The van der Waals surface area contributed by atoms with Gasteiger partial charge in [0.2, 0.25) is 0 Å². The van der Waals surface area contributed by atoms with E-state index >= 15 is 0 Å². The van der Waals surface area contributed by atoms with E-state index in [0.29, 0.717) is 6.04 Å². The van der Waals surface area contributed by atoms with Crippen molar-refractivity contribution in [3.8, 4) is 0 Å². The number of hydrogen-bond donors (Lipinski definition) is 1. The Kier molecular flexibility index (Phi) is 4.10. The predicted molar refractivity (Wildman–Crippen MR) is 83.2 cm³/mol. The SMILES string of the molecule is CCCNC1CCCc2cn(Cc3nnc(C)n3C)cc21. The molecule has 1 atom stereocenters. The summed E-state index contributed by atoms with van der Waals surface area (Å²) in [5, 5.41) is 12.1. The average Bonchev–Trinajstić information content (AvgIpc) is 3.03. The summed E-state index contributed by atoms with van der Waals surface area (Å²) in [5.74, 6) is 1.97. The van der Waals surface area contributed by atoms with Gasteiger partial charge >= 0.3 is 0 Å². The zero-order chi connectivity index (χ0) is 14.8. The van der Waals surface area contributed by atoms with E-state index in [1.165, 1.54) is 36.8 Å². The highest BCUT2D eigenvalue weighted by Gasteiger charge is 2.21. The van der Waals surface area contributed by atoms with E-state index in [1.807, 2.05) is 14.0 Å². The van der Waals surface area contributed by atoms with Crippen LogP contribution < -0.4 is 5.32 Å². The van der Waals surface area contributed by atoms with Crippen molar-refractivity contribution in [1.29, 1.82) is 0 Å². The highest BCUT2D eigenvalue weighted by atomic mass is 15.3. The molecule has 0 bridgehead atoms. The number of rotatable bonds is 5. The summed E-state index contributed by atoms with van der Waals surface area (Å²) in [5.41, 5.74) is 2.97. The van der Waals surface area contributed by atoms with Gasteiger partial charge in [-0.05, 0) is 50.3 Å². The monoisotopic (exact) mass is 287 g/mol. The summed E-state index contributed by atoms with van der Waals surface area (Å²) in [7, 11) is 2.03. The molecule has 5 heteroatoms. The molecule has 0 aliphatic heterocycles. The topological polar surface area (TPSA) is 47.7 Å². The van der Waals surface area contributed by atoms with Crippen molar-refractivity contribution in [3.05, 3.63) is 35.2 Å². The van der Waals surface area contributed by atoms with Crippen LogP contribution in [0.15, 0.2) is 12.4 Å². The number of nitrogens with zero attached hydrogens (tertiary/aromatic N) is 4. The highest BCUT2D eigenvalue weighted by molar-refractivity contribution is 5.30. The standard InChI is InChI=1S/C16H25N5/c1-4-8-17-15-7-5-6-13-9-21(10-14(13)15)11-16-19-18-12(2)20(16)3/h9-10,15,17H,4-8,11H2,1-3H3. The van der Waals surface area contributed by atoms with E-state index in [9.17, 15) is 0 Å². The molecule has 0 amide bonds. The average molecular weight is 287 g/mol. The van der Waals surface area contributed by atoms with Gasteiger partial charge in [-0.3, -0.25) is 0 Å². The third kappa shape index (κ3) is 2.88. The Balaban J connectivity index is 1.79. The van der Waals surface area contributed by atoms with E-state index in [2.05, 4.69) is 44.0 Å². The van der Waals surface area contributed by atoms with E-state index < -0.39 is 0 Å². The fourth-order valence-corrected chi connectivity index (χ4v) is 3.12. The van der Waals surface area contributed by atoms with Crippen LogP contribution in [0.3, 0.4) is 0 Å². The van der Waals surface area contributed by atoms with Gasteiger partial charge in [0.05, 0.1) is 6.54 Å². The first-order valence-corrected chi connectivity index (χ1v) is 7.95. The van der Waals surface area contributed by atoms with Crippen LogP contribution in [0, 0.1) is 6.92 Å². The van der Waals surface area contributed by atoms with Gasteiger partial charge < -0.3 is 14.5 Å². The summed E-state index contributed by atoms with van der Waals surface area (Å²) >= 11 is 0. The lowest BCUT2D eigenvalue weighted by Crippen LogP contribution is -2.24. The second-order valence-electron chi connectivity index (χ2n) is 6.03. The Hall–Kier alpha value is -1.62. The van der Waals surface area contributed by atoms with Crippen LogP contribution in [-0.4, -0.2) is 25.9 Å². The maximum atomic E-state index is 4.26. The molecule has 3 rings (SSSR count). The summed E-state index contributed by atoms with van der Waals surface area (Å²) in [6.07, 6.45) is 9.50. The van der Waals surface area contributed by atoms with Crippen LogP contribution in [0.5, 0.6) is 0 Å². The second kappa shape index (κ2) is 6.02. The van der Waals surface area contributed by atoms with Crippen molar-refractivity contribution < 1.29 is 0 Å². The Morgan fingerprint density at radius 2 is 2.19 bits per heavy atom. The van der Waals surface area contributed by atoms with Gasteiger partial charge in [-0.25, -0.2) is 0 Å². The molecule has 1 aliphatic rings. The van der Waals surface area contributed by atoms with Crippen LogP contribution in [0.4, 0.5) is 0 Å². The summed E-state index contributed by atoms with van der Waals surface area (Å²) in [4.78, 5) is 0. The maximum Gasteiger partial charge on any atom is 0.152 e. The Morgan fingerprint density at radius 1 is 1.33 bits per heavy atom. The molecule has 2 heterocycles. The van der Waals surface area contributed by atoms with Crippen LogP contribution in [0.1, 0.15) is 55.0 Å². The van der Waals surface area contributed by atoms with E-state index in [-0.39, 0.29) is 0 Å². The molecule has 0 saturated carbocycles. The second-order valence-corrected chi connectivity index (χ2v) is 6.03. The Morgan fingerprint density at radius 3 is 2.90 bits per heavy atom. The van der Waals surface area contributed by atoms with Crippen molar-refractivity contribution in [2.45, 2.75) is 52.1 Å². The number of aromatic nitrogens is 4. The Labute approximate surface area is 126 Å². The predicted octanol–water partition coefficient (Wildman–Crippen LogP) is 2.35. The minimum absolute atomic E-state index is 0.524. The molecule has 0 fully saturated rings. The lowest BCUT2D eigenvalue weighted by atomic mass is 9.91. The molecule has 2 aromatic rings. The van der Waals surface area contributed by atoms with E-state index in [1.54, 1.807) is 0 Å². The van der Waals surface area contributed by atoms with Gasteiger partial charge in [0.1, 0.15) is 5.82 Å². The first-order chi connectivity index (χ1) is 10.2. The summed E-state index contributed by atoms with van der Waals surface area (Å²) in [6, 6.07) is 0.524. The minimum atomic E-state index is 0.524. The smallest absolute Gasteiger partial charge is 0.152 e. The molecule has 1 unspecified atom stereocenters. The van der Waals surface area contributed by atoms with Crippen LogP contribution in [0.25, 0.3) is 0 Å². The van der Waals surface area contributed by atoms with E-state index in [0.717, 1.165) is 24.7 Å². The fourth-order valence-electron chi connectivity index (χ4n) is 3.12. The van der Waals surface area contributed by atoms with Crippen molar-refractivity contribution >= 4 is 0 Å². The Bertz CT molecular complexity index is 610. The molecule has 1 N–H and O–H groups in total. The van der Waals surface area contributed by atoms with Crippen molar-refractivity contribution in [2.75, 3.05) is 6.54 Å². The molecule has 0 saturated heterocycles. The van der Waals surface area contributed by atoms with Crippen LogP contribution in [-0.2, 0) is 20.0 Å². The van der Waals surface area contributed by atoms with Gasteiger partial charge in [0.25, 0.3) is 0 Å². The van der Waals surface area contributed by atoms with Crippen LogP contribution in [0.2, 0.25) is 0 Å². The number of nitrogens with one attached hydrogen (secondary N) is 1. The first-order valence-electron chi connectivity index (χ1n) is 7.95. The third-order valence-electron chi connectivity index (χ3n) is 4.46. The lowest BCUT2D eigenvalue weighted by molar-refractivity contribution is 0.462. The van der Waals surface area contributed by atoms with Crippen molar-refractivity contribution in [1.82, 2.24) is 24.6 Å². The largest absolute Gasteiger partial charge is 0.346 e. The molecule has 0 spiro atoms. The van der Waals surface area contributed by atoms with E-state index in [4.69, 9.17) is 0 Å². The van der Waals surface area contributed by atoms with Crippen LogP contribution >= 0.6 is 0 Å². The fraction of sp³-hybridized carbons (Fsp3) is 0.625. The van der Waals surface area contributed by atoms with Gasteiger partial charge in [-0.1, -0.05) is 6.92 Å². The van der Waals surface area contributed by atoms with Gasteiger partial charge in [-0.15, -0.1) is 10.2 Å². The molecule has 5 nitrogen and oxygen atoms in total. The molecule has 114 valence electrons. The molecule has 21 heavy (non-hydrogen) atoms. The normalized spacial score (nSPS) is 18.0. The van der Waals surface area contributed by atoms with Crippen molar-refractivity contribution in [3.63, 3.8) is 0 Å². The molecule has 0 aromatic carbocycles. The highest BCUT2D eigenvalue weighted by Crippen LogP contribution is 2.30. The zero-order valence-corrected chi connectivity index (χ0v) is 13.3. The zero-order valence-electron chi connectivity index (χ0n) is 13.3. The number of aryl methyl sites for hydroxylation is 2. The van der Waals surface area contributed by atoms with Gasteiger partial charge in [0.15, 0.2) is 5.82 Å². The third-order valence-corrected chi connectivity index (χ3v) is 4.46. The summed E-state index contributed by atoms with van der Waals surface area (Å²) < 4.78 is 4.33. The van der Waals surface area contributed by atoms with Gasteiger partial charge in [-0.2, -0.15) is 0 Å². The molecule has 1 aliphatic carbocycles. The van der Waals surface area contributed by atoms with Gasteiger partial charge in [0, 0.05) is 25.5 Å².